The molecule has 0 bridgehead atoms. The number of hydrogen-bond acceptors (Lipinski definition) is 4. The molecule has 0 atom stereocenters. The van der Waals surface area contributed by atoms with E-state index in [1.807, 2.05) is 4.90 Å². The molecule has 6 nitrogen and oxygen atoms in total. The predicted molar refractivity (Wildman–Crippen MR) is 90.0 cm³/mol. The van der Waals surface area contributed by atoms with Gasteiger partial charge in [-0.1, -0.05) is 18.0 Å². The van der Waals surface area contributed by atoms with Gasteiger partial charge in [-0.2, -0.15) is 0 Å². The molecule has 6 heteroatoms. The van der Waals surface area contributed by atoms with E-state index in [1.165, 1.54) is 12.8 Å². The Kier molecular flexibility index (Phi) is 4.93. The highest BCUT2D eigenvalue weighted by atomic mass is 16.5. The number of carbonyl (C=O) groups is 2. The molecule has 0 radical (unpaired) electrons. The van der Waals surface area contributed by atoms with E-state index < -0.39 is 0 Å². The fourth-order valence-electron chi connectivity index (χ4n) is 2.83. The highest BCUT2D eigenvalue weighted by Gasteiger charge is 2.17. The van der Waals surface area contributed by atoms with E-state index in [0.29, 0.717) is 22.7 Å². The Balaban J connectivity index is 1.65. The first kappa shape index (κ1) is 16.2. The first-order valence-corrected chi connectivity index (χ1v) is 8.27. The maximum atomic E-state index is 12.5. The number of aryl methyl sites for hydroxylation is 1. The minimum absolute atomic E-state index is 0.0379. The summed E-state index contributed by atoms with van der Waals surface area (Å²) in [6.45, 7) is 3.38. The molecule has 0 unspecified atom stereocenters. The van der Waals surface area contributed by atoms with Gasteiger partial charge in [0.15, 0.2) is 5.82 Å². The summed E-state index contributed by atoms with van der Waals surface area (Å²) >= 11 is 0. The van der Waals surface area contributed by atoms with E-state index in [9.17, 15) is 9.59 Å². The van der Waals surface area contributed by atoms with Crippen LogP contribution in [0.4, 0.5) is 5.82 Å². The van der Waals surface area contributed by atoms with Gasteiger partial charge >= 0.3 is 0 Å². The normalized spacial score (nSPS) is 15.0. The number of amides is 2. The standard InChI is InChI=1S/C18H21N3O3/c1-13-12-16(20-24-13)19-17(22)14-6-8-15(9-7-14)18(23)21-10-4-2-3-5-11-21/h6-9,12H,2-5,10-11H2,1H3,(H,19,20,22). The van der Waals surface area contributed by atoms with Crippen molar-refractivity contribution in [2.75, 3.05) is 18.4 Å². The smallest absolute Gasteiger partial charge is 0.256 e. The minimum atomic E-state index is -0.280. The molecule has 1 aromatic carbocycles. The fraction of sp³-hybridized carbons (Fsp3) is 0.389. The molecule has 2 heterocycles. The molecule has 1 aliphatic rings. The van der Waals surface area contributed by atoms with Crippen LogP contribution in [0.15, 0.2) is 34.9 Å². The summed E-state index contributed by atoms with van der Waals surface area (Å²) in [5.74, 6) is 0.763. The molecule has 2 aromatic rings. The number of nitrogens with one attached hydrogen (secondary N) is 1. The molecule has 126 valence electrons. The van der Waals surface area contributed by atoms with Crippen LogP contribution in [-0.4, -0.2) is 35.0 Å². The first-order valence-electron chi connectivity index (χ1n) is 8.27. The van der Waals surface area contributed by atoms with Crippen LogP contribution >= 0.6 is 0 Å². The predicted octanol–water partition coefficient (Wildman–Crippen LogP) is 3.25. The lowest BCUT2D eigenvalue weighted by Gasteiger charge is -2.20. The number of aromatic nitrogens is 1. The monoisotopic (exact) mass is 327 g/mol. The summed E-state index contributed by atoms with van der Waals surface area (Å²) in [5.41, 5.74) is 1.09. The average Bonchev–Trinajstić information content (AvgIpc) is 2.84. The summed E-state index contributed by atoms with van der Waals surface area (Å²) in [7, 11) is 0. The van der Waals surface area contributed by atoms with Crippen LogP contribution in [0.2, 0.25) is 0 Å². The molecule has 0 aliphatic carbocycles. The van der Waals surface area contributed by atoms with Crippen molar-refractivity contribution in [2.24, 2.45) is 0 Å². The van der Waals surface area contributed by atoms with E-state index in [2.05, 4.69) is 10.5 Å². The van der Waals surface area contributed by atoms with E-state index in [-0.39, 0.29) is 11.8 Å². The largest absolute Gasteiger partial charge is 0.360 e. The van der Waals surface area contributed by atoms with Gasteiger partial charge in [-0.3, -0.25) is 9.59 Å². The summed E-state index contributed by atoms with van der Waals surface area (Å²) in [5, 5.41) is 6.39. The van der Waals surface area contributed by atoms with Crippen molar-refractivity contribution in [3.63, 3.8) is 0 Å². The van der Waals surface area contributed by atoms with Gasteiger partial charge in [0, 0.05) is 30.3 Å². The van der Waals surface area contributed by atoms with Crippen molar-refractivity contribution >= 4 is 17.6 Å². The van der Waals surface area contributed by atoms with Crippen LogP contribution in [-0.2, 0) is 0 Å². The van der Waals surface area contributed by atoms with Crippen molar-refractivity contribution in [1.29, 1.82) is 0 Å². The second-order valence-electron chi connectivity index (χ2n) is 6.06. The Hall–Kier alpha value is -2.63. The number of nitrogens with zero attached hydrogens (tertiary/aromatic N) is 2. The van der Waals surface area contributed by atoms with Gasteiger partial charge in [-0.05, 0) is 44.0 Å². The van der Waals surface area contributed by atoms with Crippen LogP contribution in [0.25, 0.3) is 0 Å². The number of rotatable bonds is 3. The maximum absolute atomic E-state index is 12.5. The SMILES string of the molecule is Cc1cc(NC(=O)c2ccc(C(=O)N3CCCCCC3)cc2)no1. The zero-order valence-corrected chi connectivity index (χ0v) is 13.7. The van der Waals surface area contributed by atoms with Gasteiger partial charge in [0.25, 0.3) is 11.8 Å². The zero-order chi connectivity index (χ0) is 16.9. The van der Waals surface area contributed by atoms with E-state index in [1.54, 1.807) is 37.3 Å². The quantitative estimate of drug-likeness (QED) is 0.939. The molecule has 1 aliphatic heterocycles. The molecule has 1 saturated heterocycles. The Bertz CT molecular complexity index is 713. The zero-order valence-electron chi connectivity index (χ0n) is 13.7. The second-order valence-corrected chi connectivity index (χ2v) is 6.06. The summed E-state index contributed by atoms with van der Waals surface area (Å²) in [6, 6.07) is 8.38. The second kappa shape index (κ2) is 7.29. The van der Waals surface area contributed by atoms with Crippen molar-refractivity contribution in [2.45, 2.75) is 32.6 Å². The lowest BCUT2D eigenvalue weighted by Crippen LogP contribution is -2.31. The lowest BCUT2D eigenvalue weighted by atomic mass is 10.1. The number of hydrogen-bond donors (Lipinski definition) is 1. The molecule has 24 heavy (non-hydrogen) atoms. The van der Waals surface area contributed by atoms with Gasteiger partial charge in [0.05, 0.1) is 0 Å². The van der Waals surface area contributed by atoms with E-state index in [4.69, 9.17) is 4.52 Å². The van der Waals surface area contributed by atoms with E-state index in [0.717, 1.165) is 25.9 Å². The van der Waals surface area contributed by atoms with Crippen molar-refractivity contribution in [3.05, 3.63) is 47.2 Å². The van der Waals surface area contributed by atoms with E-state index >= 15 is 0 Å². The molecule has 1 fully saturated rings. The minimum Gasteiger partial charge on any atom is -0.360 e. The third kappa shape index (κ3) is 3.82. The third-order valence-corrected chi connectivity index (χ3v) is 4.16. The van der Waals surface area contributed by atoms with Gasteiger partial charge in [0.2, 0.25) is 0 Å². The molecule has 0 saturated carbocycles. The number of benzene rings is 1. The number of likely N-dealkylation sites (tertiary alicyclic amines) is 1. The van der Waals surface area contributed by atoms with Crippen molar-refractivity contribution in [1.82, 2.24) is 10.1 Å². The highest BCUT2D eigenvalue weighted by Crippen LogP contribution is 2.15. The Morgan fingerprint density at radius 2 is 1.67 bits per heavy atom. The van der Waals surface area contributed by atoms with Crippen LogP contribution in [0.3, 0.4) is 0 Å². The first-order chi connectivity index (χ1) is 11.6. The molecule has 1 N–H and O–H groups in total. The summed E-state index contributed by atoms with van der Waals surface area (Å²) in [4.78, 5) is 26.6. The fourth-order valence-corrected chi connectivity index (χ4v) is 2.83. The Morgan fingerprint density at radius 3 is 2.25 bits per heavy atom. The third-order valence-electron chi connectivity index (χ3n) is 4.16. The molecule has 1 aromatic heterocycles. The molecule has 3 rings (SSSR count). The molecule has 0 spiro atoms. The topological polar surface area (TPSA) is 75.4 Å². The number of anilines is 1. The summed E-state index contributed by atoms with van der Waals surface area (Å²) in [6.07, 6.45) is 4.49. The lowest BCUT2D eigenvalue weighted by molar-refractivity contribution is 0.0761. The van der Waals surface area contributed by atoms with Gasteiger partial charge in [0.1, 0.15) is 5.76 Å². The van der Waals surface area contributed by atoms with Gasteiger partial charge < -0.3 is 14.7 Å². The number of carbonyl (C=O) groups excluding carboxylic acids is 2. The molecular weight excluding hydrogens is 306 g/mol. The van der Waals surface area contributed by atoms with Crippen LogP contribution in [0.1, 0.15) is 52.2 Å². The highest BCUT2D eigenvalue weighted by molar-refractivity contribution is 6.04. The van der Waals surface area contributed by atoms with Crippen LogP contribution in [0.5, 0.6) is 0 Å². The van der Waals surface area contributed by atoms with Gasteiger partial charge in [-0.15, -0.1) is 0 Å². The van der Waals surface area contributed by atoms with Crippen LogP contribution in [0, 0.1) is 6.92 Å². The van der Waals surface area contributed by atoms with Crippen molar-refractivity contribution < 1.29 is 14.1 Å². The van der Waals surface area contributed by atoms with Crippen molar-refractivity contribution in [3.8, 4) is 0 Å². The van der Waals surface area contributed by atoms with Gasteiger partial charge in [-0.25, -0.2) is 0 Å². The van der Waals surface area contributed by atoms with Crippen LogP contribution < -0.4 is 5.32 Å². The maximum Gasteiger partial charge on any atom is 0.256 e. The molecular formula is C18H21N3O3. The molecule has 2 amide bonds. The average molecular weight is 327 g/mol. The Morgan fingerprint density at radius 1 is 1.04 bits per heavy atom. The Labute approximate surface area is 140 Å². The summed E-state index contributed by atoms with van der Waals surface area (Å²) < 4.78 is 4.91.